The molecular weight excluding hydrogens is 348 g/mol. The number of carboxylic acid groups (broad SMARTS) is 1. The van der Waals surface area contributed by atoms with Gasteiger partial charge in [-0.25, -0.2) is 8.42 Å². The van der Waals surface area contributed by atoms with E-state index >= 15 is 0 Å². The molecule has 1 aromatic heterocycles. The zero-order valence-corrected chi connectivity index (χ0v) is 15.5. The lowest BCUT2D eigenvalue weighted by molar-refractivity contribution is -0.137. The van der Waals surface area contributed by atoms with E-state index in [1.807, 2.05) is 0 Å². The van der Waals surface area contributed by atoms with E-state index in [0.29, 0.717) is 13.1 Å². The summed E-state index contributed by atoms with van der Waals surface area (Å²) in [6.07, 6.45) is 1.44. The van der Waals surface area contributed by atoms with Gasteiger partial charge in [0.05, 0.1) is 6.42 Å². The summed E-state index contributed by atoms with van der Waals surface area (Å²) < 4.78 is 32.2. The van der Waals surface area contributed by atoms with Crippen molar-refractivity contribution in [2.24, 2.45) is 0 Å². The molecule has 0 aromatic carbocycles. The number of carboxylic acids is 1. The number of amides is 1. The van der Waals surface area contributed by atoms with Gasteiger partial charge in [-0.05, 0) is 33.6 Å². The van der Waals surface area contributed by atoms with Crippen molar-refractivity contribution in [2.75, 3.05) is 19.6 Å². The summed E-state index contributed by atoms with van der Waals surface area (Å²) in [4.78, 5) is 24.8. The van der Waals surface area contributed by atoms with Gasteiger partial charge >= 0.3 is 5.97 Å². The van der Waals surface area contributed by atoms with Crippen molar-refractivity contribution in [2.45, 2.75) is 51.0 Å². The van der Waals surface area contributed by atoms with Crippen LogP contribution in [0.25, 0.3) is 0 Å². The predicted molar refractivity (Wildman–Crippen MR) is 89.9 cm³/mol. The smallest absolute Gasteiger partial charge is 0.305 e. The van der Waals surface area contributed by atoms with Crippen LogP contribution in [0, 0.1) is 6.92 Å². The van der Waals surface area contributed by atoms with Gasteiger partial charge in [-0.2, -0.15) is 4.31 Å². The molecule has 2 rings (SSSR count). The van der Waals surface area contributed by atoms with Crippen LogP contribution >= 0.6 is 0 Å². The van der Waals surface area contributed by atoms with Crippen LogP contribution in [0.2, 0.25) is 0 Å². The van der Waals surface area contributed by atoms with Gasteiger partial charge in [0.25, 0.3) is 5.91 Å². The molecule has 0 atom stereocenters. The molecule has 140 valence electrons. The topological polar surface area (TPSA) is 108 Å². The molecule has 25 heavy (non-hydrogen) atoms. The van der Waals surface area contributed by atoms with E-state index in [9.17, 15) is 18.0 Å². The monoisotopic (exact) mass is 372 g/mol. The molecule has 9 heteroatoms. The number of nitrogens with zero attached hydrogens (tertiary/aromatic N) is 2. The molecule has 1 aliphatic heterocycles. The van der Waals surface area contributed by atoms with E-state index in [0.717, 1.165) is 12.8 Å². The Morgan fingerprint density at radius 3 is 2.44 bits per heavy atom. The average molecular weight is 372 g/mol. The van der Waals surface area contributed by atoms with Crippen molar-refractivity contribution in [3.63, 3.8) is 0 Å². The van der Waals surface area contributed by atoms with Crippen LogP contribution in [0.4, 0.5) is 0 Å². The highest BCUT2D eigenvalue weighted by Gasteiger charge is 2.33. The van der Waals surface area contributed by atoms with Crippen LogP contribution in [0.3, 0.4) is 0 Å². The van der Waals surface area contributed by atoms with E-state index in [1.54, 1.807) is 13.8 Å². The van der Waals surface area contributed by atoms with Crippen molar-refractivity contribution in [1.82, 2.24) is 9.21 Å². The number of aryl methyl sites for hydroxylation is 1. The van der Waals surface area contributed by atoms with Gasteiger partial charge in [0.2, 0.25) is 10.0 Å². The van der Waals surface area contributed by atoms with Gasteiger partial charge in [0, 0.05) is 31.7 Å². The second-order valence-electron chi connectivity index (χ2n) is 6.38. The van der Waals surface area contributed by atoms with Crippen LogP contribution < -0.4 is 0 Å². The van der Waals surface area contributed by atoms with E-state index in [1.165, 1.54) is 22.2 Å². The summed E-state index contributed by atoms with van der Waals surface area (Å²) in [5.41, 5.74) is 0. The van der Waals surface area contributed by atoms with Crippen LogP contribution in [-0.2, 0) is 14.8 Å². The third-order valence-electron chi connectivity index (χ3n) is 4.22. The Bertz CT molecular complexity index is 747. The zero-order chi connectivity index (χ0) is 18.8. The fraction of sp³-hybridized carbons (Fsp3) is 0.625. The minimum absolute atomic E-state index is 0.000286. The number of carbonyl (C=O) groups is 2. The predicted octanol–water partition coefficient (Wildman–Crippen LogP) is 1.70. The maximum absolute atomic E-state index is 12.7. The Hall–Kier alpha value is -1.87. The Balaban J connectivity index is 2.28. The molecule has 0 spiro atoms. The maximum Gasteiger partial charge on any atom is 0.305 e. The Kier molecular flexibility index (Phi) is 5.89. The largest absolute Gasteiger partial charge is 0.481 e. The normalized spacial score (nSPS) is 15.7. The van der Waals surface area contributed by atoms with Gasteiger partial charge < -0.3 is 14.4 Å². The zero-order valence-electron chi connectivity index (χ0n) is 14.7. The molecule has 8 nitrogen and oxygen atoms in total. The summed E-state index contributed by atoms with van der Waals surface area (Å²) in [5.74, 6) is -1.44. The van der Waals surface area contributed by atoms with Crippen molar-refractivity contribution in [3.8, 4) is 0 Å². The first-order valence-electron chi connectivity index (χ1n) is 8.28. The summed E-state index contributed by atoms with van der Waals surface area (Å²) in [5, 5.41) is 8.83. The lowest BCUT2D eigenvalue weighted by Gasteiger charge is -2.25. The number of rotatable bonds is 7. The molecular formula is C16H24N2O6S. The average Bonchev–Trinajstić information content (AvgIpc) is 3.16. The molecule has 1 amide bonds. The Morgan fingerprint density at radius 2 is 1.92 bits per heavy atom. The number of aliphatic carboxylic acids is 1. The van der Waals surface area contributed by atoms with Gasteiger partial charge in [-0.1, -0.05) is 0 Å². The summed E-state index contributed by atoms with van der Waals surface area (Å²) in [7, 11) is -3.68. The van der Waals surface area contributed by atoms with Crippen LogP contribution in [0.5, 0.6) is 0 Å². The molecule has 0 radical (unpaired) electrons. The van der Waals surface area contributed by atoms with Crippen LogP contribution in [-0.4, -0.2) is 60.3 Å². The highest BCUT2D eigenvalue weighted by molar-refractivity contribution is 7.89. The van der Waals surface area contributed by atoms with Gasteiger partial charge in [0.15, 0.2) is 5.76 Å². The van der Waals surface area contributed by atoms with Gasteiger partial charge in [-0.15, -0.1) is 0 Å². The third kappa shape index (κ3) is 4.21. The van der Waals surface area contributed by atoms with Crippen molar-refractivity contribution in [3.05, 3.63) is 17.6 Å². The number of hydrogen-bond donors (Lipinski definition) is 1. The third-order valence-corrected chi connectivity index (χ3v) is 6.22. The Labute approximate surface area is 147 Å². The number of sulfonamides is 1. The molecule has 1 N–H and O–H groups in total. The standard InChI is InChI=1S/C16H24N2O6S/c1-11(2)18(9-6-15(19)20)16(21)13-10-14(12(3)24-13)25(22,23)17-7-4-5-8-17/h10-11H,4-9H2,1-3H3,(H,19,20). The molecule has 0 bridgehead atoms. The quantitative estimate of drug-likeness (QED) is 0.780. The lowest BCUT2D eigenvalue weighted by atomic mass is 10.2. The van der Waals surface area contributed by atoms with Gasteiger partial charge in [0.1, 0.15) is 10.7 Å². The molecule has 1 saturated heterocycles. The van der Waals surface area contributed by atoms with E-state index in [4.69, 9.17) is 9.52 Å². The van der Waals surface area contributed by atoms with E-state index < -0.39 is 21.9 Å². The van der Waals surface area contributed by atoms with Crippen molar-refractivity contribution >= 4 is 21.9 Å². The lowest BCUT2D eigenvalue weighted by Crippen LogP contribution is -2.38. The number of furan rings is 1. The highest BCUT2D eigenvalue weighted by atomic mass is 32.2. The maximum atomic E-state index is 12.7. The number of carbonyl (C=O) groups excluding carboxylic acids is 1. The van der Waals surface area contributed by atoms with Crippen LogP contribution in [0.1, 0.15) is 49.4 Å². The highest BCUT2D eigenvalue weighted by Crippen LogP contribution is 2.27. The summed E-state index contributed by atoms with van der Waals surface area (Å²) >= 11 is 0. The molecule has 0 saturated carbocycles. The van der Waals surface area contributed by atoms with E-state index in [2.05, 4.69) is 0 Å². The second-order valence-corrected chi connectivity index (χ2v) is 8.28. The molecule has 2 heterocycles. The van der Waals surface area contributed by atoms with Gasteiger partial charge in [-0.3, -0.25) is 9.59 Å². The minimum Gasteiger partial charge on any atom is -0.481 e. The number of hydrogen-bond acceptors (Lipinski definition) is 5. The first kappa shape index (κ1) is 19.5. The summed E-state index contributed by atoms with van der Waals surface area (Å²) in [6.45, 7) is 5.99. The van der Waals surface area contributed by atoms with Crippen LogP contribution in [0.15, 0.2) is 15.4 Å². The fourth-order valence-electron chi connectivity index (χ4n) is 2.85. The minimum atomic E-state index is -3.68. The van der Waals surface area contributed by atoms with Crippen molar-refractivity contribution < 1.29 is 27.5 Å². The first-order valence-corrected chi connectivity index (χ1v) is 9.72. The molecule has 1 aliphatic rings. The SMILES string of the molecule is Cc1oc(C(=O)N(CCC(=O)O)C(C)C)cc1S(=O)(=O)N1CCCC1. The molecule has 0 unspecified atom stereocenters. The second kappa shape index (κ2) is 7.57. The molecule has 0 aliphatic carbocycles. The Morgan fingerprint density at radius 1 is 1.32 bits per heavy atom. The molecule has 1 aromatic rings. The van der Waals surface area contributed by atoms with Crippen molar-refractivity contribution in [1.29, 1.82) is 0 Å². The van der Waals surface area contributed by atoms with E-state index in [-0.39, 0.29) is 35.4 Å². The fourth-order valence-corrected chi connectivity index (χ4v) is 4.52. The molecule has 1 fully saturated rings. The summed E-state index contributed by atoms with van der Waals surface area (Å²) in [6, 6.07) is 1.01. The first-order chi connectivity index (χ1) is 11.6.